The van der Waals surface area contributed by atoms with Gasteiger partial charge >= 0.3 is 0 Å². The molecule has 1 atom stereocenters. The molecule has 0 saturated carbocycles. The van der Waals surface area contributed by atoms with E-state index in [1.165, 1.54) is 29.8 Å². The van der Waals surface area contributed by atoms with Crippen molar-refractivity contribution in [3.63, 3.8) is 0 Å². The third-order valence-corrected chi connectivity index (χ3v) is 4.53. The fourth-order valence-electron chi connectivity index (χ4n) is 1.78. The molecule has 0 fully saturated rings. The second kappa shape index (κ2) is 6.67. The average Bonchev–Trinajstić information content (AvgIpc) is 3.09. The first kappa shape index (κ1) is 14.7. The summed E-state index contributed by atoms with van der Waals surface area (Å²) < 4.78 is 5.11. The number of amides is 1. The molecule has 2 aromatic rings. The van der Waals surface area contributed by atoms with Crippen molar-refractivity contribution in [2.24, 2.45) is 0 Å². The molecular formula is C14H15NO3S2. The van der Waals surface area contributed by atoms with E-state index in [2.05, 4.69) is 5.32 Å². The average molecular weight is 309 g/mol. The molecule has 1 amide bonds. The first-order valence-electron chi connectivity index (χ1n) is 6.11. The number of Topliss-reactive ketones (excluding diaryl/α,β-unsaturated/α-hetero) is 1. The van der Waals surface area contributed by atoms with Crippen molar-refractivity contribution < 1.29 is 14.3 Å². The van der Waals surface area contributed by atoms with Gasteiger partial charge in [0.05, 0.1) is 12.0 Å². The minimum Gasteiger partial charge on any atom is -0.495 e. The van der Waals surface area contributed by atoms with E-state index in [9.17, 15) is 9.59 Å². The summed E-state index contributed by atoms with van der Waals surface area (Å²) in [4.78, 5) is 25.3. The van der Waals surface area contributed by atoms with E-state index < -0.39 is 0 Å². The van der Waals surface area contributed by atoms with E-state index in [1.54, 1.807) is 17.5 Å². The lowest BCUT2D eigenvalue weighted by Gasteiger charge is -2.12. The normalized spacial score (nSPS) is 11.9. The minimum atomic E-state index is -0.219. The molecule has 4 nitrogen and oxygen atoms in total. The summed E-state index contributed by atoms with van der Waals surface area (Å²) in [6.45, 7) is 1.82. The van der Waals surface area contributed by atoms with Crippen LogP contribution in [0.2, 0.25) is 0 Å². The smallest absolute Gasteiger partial charge is 0.265 e. The van der Waals surface area contributed by atoms with Crippen LogP contribution in [-0.2, 0) is 0 Å². The largest absolute Gasteiger partial charge is 0.495 e. The second-order valence-electron chi connectivity index (χ2n) is 4.30. The molecule has 0 bridgehead atoms. The minimum absolute atomic E-state index is 0.0472. The number of rotatable bonds is 6. The third kappa shape index (κ3) is 3.46. The van der Waals surface area contributed by atoms with Gasteiger partial charge in [-0.25, -0.2) is 0 Å². The van der Waals surface area contributed by atoms with Crippen LogP contribution in [0.4, 0.5) is 0 Å². The van der Waals surface area contributed by atoms with Gasteiger partial charge in [0.25, 0.3) is 5.91 Å². The Kier molecular flexibility index (Phi) is 4.92. The van der Waals surface area contributed by atoms with Crippen molar-refractivity contribution in [3.8, 4) is 5.75 Å². The first-order valence-corrected chi connectivity index (χ1v) is 7.86. The van der Waals surface area contributed by atoms with Crippen LogP contribution in [0.5, 0.6) is 5.75 Å². The molecule has 2 rings (SSSR count). The molecule has 106 valence electrons. The summed E-state index contributed by atoms with van der Waals surface area (Å²) >= 11 is 2.74. The molecule has 0 aliphatic carbocycles. The predicted octanol–water partition coefficient (Wildman–Crippen LogP) is 3.21. The number of ketones is 1. The third-order valence-electron chi connectivity index (χ3n) is 2.72. The summed E-state index contributed by atoms with van der Waals surface area (Å²) in [6, 6.07) is 5.17. The van der Waals surface area contributed by atoms with E-state index >= 15 is 0 Å². The van der Waals surface area contributed by atoms with Crippen LogP contribution in [0, 0.1) is 0 Å². The molecule has 2 heterocycles. The van der Waals surface area contributed by atoms with Crippen LogP contribution in [0.25, 0.3) is 0 Å². The lowest BCUT2D eigenvalue weighted by atomic mass is 10.1. The van der Waals surface area contributed by atoms with Gasteiger partial charge in [0, 0.05) is 12.5 Å². The summed E-state index contributed by atoms with van der Waals surface area (Å²) in [5.41, 5.74) is 0. The van der Waals surface area contributed by atoms with Crippen molar-refractivity contribution in [2.75, 3.05) is 7.11 Å². The van der Waals surface area contributed by atoms with Gasteiger partial charge < -0.3 is 10.1 Å². The molecule has 0 saturated heterocycles. The summed E-state index contributed by atoms with van der Waals surface area (Å²) in [7, 11) is 1.53. The Labute approximate surface area is 125 Å². The molecule has 1 unspecified atom stereocenters. The standard InChI is InChI=1S/C14H15NO3S2/c1-9(8-10(16)12-4-3-6-19-12)15-14(17)13-11(18-2)5-7-20-13/h3-7,9H,8H2,1-2H3,(H,15,17). The van der Waals surface area contributed by atoms with Crippen LogP contribution in [0.1, 0.15) is 32.7 Å². The Bertz CT molecular complexity index is 589. The van der Waals surface area contributed by atoms with Crippen LogP contribution in [0.3, 0.4) is 0 Å². The quantitative estimate of drug-likeness (QED) is 0.834. The maximum absolute atomic E-state index is 12.1. The van der Waals surface area contributed by atoms with E-state index in [0.717, 1.165) is 4.88 Å². The highest BCUT2D eigenvalue weighted by Gasteiger charge is 2.18. The Morgan fingerprint density at radius 1 is 1.30 bits per heavy atom. The molecule has 2 aromatic heterocycles. The number of methoxy groups -OCH3 is 1. The first-order chi connectivity index (χ1) is 9.61. The van der Waals surface area contributed by atoms with E-state index in [0.29, 0.717) is 17.0 Å². The fraction of sp³-hybridized carbons (Fsp3) is 0.286. The predicted molar refractivity (Wildman–Crippen MR) is 81.1 cm³/mol. The highest BCUT2D eigenvalue weighted by atomic mass is 32.1. The molecule has 6 heteroatoms. The highest BCUT2D eigenvalue weighted by Crippen LogP contribution is 2.24. The zero-order chi connectivity index (χ0) is 14.5. The molecular weight excluding hydrogens is 294 g/mol. The number of ether oxygens (including phenoxy) is 1. The van der Waals surface area contributed by atoms with Crippen molar-refractivity contribution in [1.82, 2.24) is 5.32 Å². The topological polar surface area (TPSA) is 55.4 Å². The second-order valence-corrected chi connectivity index (χ2v) is 6.16. The van der Waals surface area contributed by atoms with Gasteiger partial charge in [0.15, 0.2) is 5.78 Å². The van der Waals surface area contributed by atoms with Gasteiger partial charge in [-0.3, -0.25) is 9.59 Å². The number of hydrogen-bond acceptors (Lipinski definition) is 5. The zero-order valence-corrected chi connectivity index (χ0v) is 12.8. The summed E-state index contributed by atoms with van der Waals surface area (Å²) in [5, 5.41) is 6.49. The molecule has 1 N–H and O–H groups in total. The molecule has 0 radical (unpaired) electrons. The Morgan fingerprint density at radius 3 is 2.75 bits per heavy atom. The number of carbonyl (C=O) groups excluding carboxylic acids is 2. The lowest BCUT2D eigenvalue weighted by molar-refractivity contribution is 0.0920. The fourth-order valence-corrected chi connectivity index (χ4v) is 3.22. The highest BCUT2D eigenvalue weighted by molar-refractivity contribution is 7.12. The van der Waals surface area contributed by atoms with E-state index in [1.807, 2.05) is 18.4 Å². The maximum Gasteiger partial charge on any atom is 0.265 e. The lowest BCUT2D eigenvalue weighted by Crippen LogP contribution is -2.33. The van der Waals surface area contributed by atoms with E-state index in [-0.39, 0.29) is 17.7 Å². The maximum atomic E-state index is 12.1. The van der Waals surface area contributed by atoms with Crippen molar-refractivity contribution >= 4 is 34.4 Å². The Balaban J connectivity index is 1.93. The van der Waals surface area contributed by atoms with Crippen molar-refractivity contribution in [3.05, 3.63) is 38.7 Å². The van der Waals surface area contributed by atoms with Gasteiger partial charge in [-0.15, -0.1) is 22.7 Å². The number of nitrogens with one attached hydrogen (secondary N) is 1. The monoisotopic (exact) mass is 309 g/mol. The van der Waals surface area contributed by atoms with Crippen LogP contribution in [0.15, 0.2) is 29.0 Å². The van der Waals surface area contributed by atoms with E-state index in [4.69, 9.17) is 4.74 Å². The number of thiophene rings is 2. The molecule has 0 aliphatic rings. The van der Waals surface area contributed by atoms with Crippen molar-refractivity contribution in [1.29, 1.82) is 0 Å². The number of hydrogen-bond donors (Lipinski definition) is 1. The molecule has 0 aliphatic heterocycles. The van der Waals surface area contributed by atoms with Crippen LogP contribution < -0.4 is 10.1 Å². The van der Waals surface area contributed by atoms with Crippen LogP contribution >= 0.6 is 22.7 Å². The van der Waals surface area contributed by atoms with Crippen molar-refractivity contribution in [2.45, 2.75) is 19.4 Å². The Morgan fingerprint density at radius 2 is 2.10 bits per heavy atom. The summed E-state index contributed by atoms with van der Waals surface area (Å²) in [6.07, 6.45) is 0.292. The molecule has 0 spiro atoms. The van der Waals surface area contributed by atoms with Gasteiger partial charge in [0.2, 0.25) is 0 Å². The molecule has 20 heavy (non-hydrogen) atoms. The molecule has 0 aromatic carbocycles. The number of carbonyl (C=O) groups is 2. The van der Waals surface area contributed by atoms with Gasteiger partial charge in [-0.2, -0.15) is 0 Å². The van der Waals surface area contributed by atoms with Gasteiger partial charge in [-0.05, 0) is 29.8 Å². The Hall–Kier alpha value is -1.66. The van der Waals surface area contributed by atoms with Crippen LogP contribution in [-0.4, -0.2) is 24.8 Å². The SMILES string of the molecule is COc1ccsc1C(=O)NC(C)CC(=O)c1cccs1. The van der Waals surface area contributed by atoms with Gasteiger partial charge in [0.1, 0.15) is 10.6 Å². The van der Waals surface area contributed by atoms with Gasteiger partial charge in [-0.1, -0.05) is 6.07 Å². The zero-order valence-electron chi connectivity index (χ0n) is 11.2. The summed E-state index contributed by atoms with van der Waals surface area (Å²) in [5.74, 6) is 0.401.